The fourth-order valence-electron chi connectivity index (χ4n) is 2.00. The Hall–Kier alpha value is -2.62. The molecule has 94 valence electrons. The molecular formula is C15H13N3O. The summed E-state index contributed by atoms with van der Waals surface area (Å²) in [4.78, 5) is 19.4. The summed E-state index contributed by atoms with van der Waals surface area (Å²) in [6, 6.07) is 13.2. The number of rotatable bonds is 2. The number of nitrogens with one attached hydrogen (secondary N) is 2. The number of aromatic nitrogens is 2. The van der Waals surface area contributed by atoms with Crippen molar-refractivity contribution in [3.05, 3.63) is 59.9 Å². The first-order valence-corrected chi connectivity index (χ1v) is 6.04. The van der Waals surface area contributed by atoms with Crippen LogP contribution in [0.15, 0.2) is 48.7 Å². The lowest BCUT2D eigenvalue weighted by Gasteiger charge is -2.04. The number of carbonyl (C=O) groups excluding carboxylic acids is 1. The molecule has 3 aromatic rings. The molecule has 0 unspecified atom stereocenters. The third kappa shape index (κ3) is 2.33. The van der Waals surface area contributed by atoms with E-state index in [4.69, 9.17) is 0 Å². The number of fused-ring (bicyclic) bond motifs is 1. The van der Waals surface area contributed by atoms with Gasteiger partial charge in [0.05, 0.1) is 11.0 Å². The van der Waals surface area contributed by atoms with E-state index < -0.39 is 0 Å². The van der Waals surface area contributed by atoms with Gasteiger partial charge in [0.15, 0.2) is 0 Å². The van der Waals surface area contributed by atoms with Crippen molar-refractivity contribution in [1.82, 2.24) is 9.97 Å². The lowest BCUT2D eigenvalue weighted by Crippen LogP contribution is -2.12. The van der Waals surface area contributed by atoms with Gasteiger partial charge in [-0.15, -0.1) is 0 Å². The number of aryl methyl sites for hydroxylation is 1. The fourth-order valence-corrected chi connectivity index (χ4v) is 2.00. The van der Waals surface area contributed by atoms with Crippen molar-refractivity contribution in [2.75, 3.05) is 5.32 Å². The van der Waals surface area contributed by atoms with Crippen LogP contribution in [-0.4, -0.2) is 15.9 Å². The minimum atomic E-state index is -0.163. The van der Waals surface area contributed by atoms with Crippen LogP contribution in [0.4, 0.5) is 5.69 Å². The van der Waals surface area contributed by atoms with Gasteiger partial charge in [-0.05, 0) is 42.8 Å². The van der Waals surface area contributed by atoms with E-state index in [9.17, 15) is 4.79 Å². The van der Waals surface area contributed by atoms with Gasteiger partial charge in [-0.25, -0.2) is 0 Å². The lowest BCUT2D eigenvalue weighted by molar-refractivity contribution is 0.102. The van der Waals surface area contributed by atoms with Crippen LogP contribution in [0.5, 0.6) is 0 Å². The third-order valence-corrected chi connectivity index (χ3v) is 2.91. The molecule has 2 aromatic heterocycles. The van der Waals surface area contributed by atoms with Gasteiger partial charge < -0.3 is 10.3 Å². The van der Waals surface area contributed by atoms with Crippen molar-refractivity contribution in [2.45, 2.75) is 6.92 Å². The van der Waals surface area contributed by atoms with Crippen molar-refractivity contribution in [1.29, 1.82) is 0 Å². The summed E-state index contributed by atoms with van der Waals surface area (Å²) in [5.74, 6) is -0.163. The molecule has 0 saturated heterocycles. The first-order valence-electron chi connectivity index (χ1n) is 6.04. The second kappa shape index (κ2) is 4.57. The van der Waals surface area contributed by atoms with Gasteiger partial charge in [-0.2, -0.15) is 0 Å². The summed E-state index contributed by atoms with van der Waals surface area (Å²) in [6.45, 7) is 1.99. The Morgan fingerprint density at radius 3 is 2.89 bits per heavy atom. The van der Waals surface area contributed by atoms with E-state index in [2.05, 4.69) is 15.3 Å². The van der Waals surface area contributed by atoms with Crippen LogP contribution in [-0.2, 0) is 0 Å². The Balaban J connectivity index is 1.87. The van der Waals surface area contributed by atoms with E-state index >= 15 is 0 Å². The number of aromatic amines is 1. The number of anilines is 1. The molecule has 0 spiro atoms. The standard InChI is InChI=1S/C15H13N3O/c1-10-4-2-5-11(8-10)17-15(19)14-9-13-12(18-14)6-3-7-16-13/h2-9,18H,1H3,(H,17,19). The summed E-state index contributed by atoms with van der Waals surface area (Å²) in [7, 11) is 0. The molecule has 0 fully saturated rings. The predicted octanol–water partition coefficient (Wildman–Crippen LogP) is 3.12. The molecule has 19 heavy (non-hydrogen) atoms. The molecule has 1 aromatic carbocycles. The van der Waals surface area contributed by atoms with Crippen LogP contribution in [0.1, 0.15) is 16.1 Å². The van der Waals surface area contributed by atoms with Crippen molar-refractivity contribution in [3.8, 4) is 0 Å². The molecule has 3 rings (SSSR count). The van der Waals surface area contributed by atoms with Gasteiger partial charge in [0.25, 0.3) is 5.91 Å². The molecule has 1 amide bonds. The number of carbonyl (C=O) groups is 1. The first kappa shape index (κ1) is 11.5. The molecule has 2 heterocycles. The second-order valence-corrected chi connectivity index (χ2v) is 4.44. The van der Waals surface area contributed by atoms with Gasteiger partial charge >= 0.3 is 0 Å². The highest BCUT2D eigenvalue weighted by Crippen LogP contribution is 2.15. The monoisotopic (exact) mass is 251 g/mol. The first-order chi connectivity index (χ1) is 9.22. The predicted molar refractivity (Wildman–Crippen MR) is 75.2 cm³/mol. The summed E-state index contributed by atoms with van der Waals surface area (Å²) in [6.07, 6.45) is 1.71. The van der Waals surface area contributed by atoms with Crippen LogP contribution < -0.4 is 5.32 Å². The number of hydrogen-bond donors (Lipinski definition) is 2. The normalized spacial score (nSPS) is 10.6. The Kier molecular flexibility index (Phi) is 2.76. The molecule has 4 nitrogen and oxygen atoms in total. The number of H-pyrrole nitrogens is 1. The molecule has 0 saturated carbocycles. The number of nitrogens with zero attached hydrogens (tertiary/aromatic N) is 1. The average molecular weight is 251 g/mol. The zero-order chi connectivity index (χ0) is 13.2. The van der Waals surface area contributed by atoms with Crippen LogP contribution in [0.2, 0.25) is 0 Å². The van der Waals surface area contributed by atoms with Crippen molar-refractivity contribution < 1.29 is 4.79 Å². The maximum Gasteiger partial charge on any atom is 0.272 e. The van der Waals surface area contributed by atoms with Crippen molar-refractivity contribution in [2.24, 2.45) is 0 Å². The highest BCUT2D eigenvalue weighted by Gasteiger charge is 2.10. The Bertz CT molecular complexity index is 713. The van der Waals surface area contributed by atoms with Crippen LogP contribution in [0, 0.1) is 6.92 Å². The number of benzene rings is 1. The van der Waals surface area contributed by atoms with Gasteiger partial charge in [0.1, 0.15) is 5.69 Å². The number of hydrogen-bond acceptors (Lipinski definition) is 2. The summed E-state index contributed by atoms with van der Waals surface area (Å²) < 4.78 is 0. The molecule has 0 bridgehead atoms. The van der Waals surface area contributed by atoms with E-state index in [1.165, 1.54) is 0 Å². The molecule has 0 atom stereocenters. The smallest absolute Gasteiger partial charge is 0.272 e. The molecule has 4 heteroatoms. The molecule has 2 N–H and O–H groups in total. The quantitative estimate of drug-likeness (QED) is 0.735. The molecule has 0 aliphatic rings. The van der Waals surface area contributed by atoms with Gasteiger partial charge in [-0.1, -0.05) is 12.1 Å². The molecule has 0 aliphatic heterocycles. The minimum Gasteiger partial charge on any atom is -0.349 e. The van der Waals surface area contributed by atoms with E-state index in [1.54, 1.807) is 12.3 Å². The van der Waals surface area contributed by atoms with E-state index in [1.807, 2.05) is 43.3 Å². The van der Waals surface area contributed by atoms with Gasteiger partial charge in [0, 0.05) is 11.9 Å². The van der Waals surface area contributed by atoms with Gasteiger partial charge in [0.2, 0.25) is 0 Å². The second-order valence-electron chi connectivity index (χ2n) is 4.44. The largest absolute Gasteiger partial charge is 0.349 e. The van der Waals surface area contributed by atoms with Crippen molar-refractivity contribution in [3.63, 3.8) is 0 Å². The number of pyridine rings is 1. The molecule has 0 aliphatic carbocycles. The van der Waals surface area contributed by atoms with E-state index in [0.29, 0.717) is 5.69 Å². The average Bonchev–Trinajstić information content (AvgIpc) is 2.82. The van der Waals surface area contributed by atoms with Gasteiger partial charge in [-0.3, -0.25) is 9.78 Å². The Morgan fingerprint density at radius 2 is 2.11 bits per heavy atom. The maximum absolute atomic E-state index is 12.1. The van der Waals surface area contributed by atoms with E-state index in [-0.39, 0.29) is 5.91 Å². The topological polar surface area (TPSA) is 57.8 Å². The zero-order valence-corrected chi connectivity index (χ0v) is 10.5. The van der Waals surface area contributed by atoms with Crippen LogP contribution in [0.3, 0.4) is 0 Å². The highest BCUT2D eigenvalue weighted by atomic mass is 16.1. The summed E-state index contributed by atoms with van der Waals surface area (Å²) >= 11 is 0. The Morgan fingerprint density at radius 1 is 1.21 bits per heavy atom. The molecular weight excluding hydrogens is 238 g/mol. The SMILES string of the molecule is Cc1cccc(NC(=O)c2cc3ncccc3[nH]2)c1. The van der Waals surface area contributed by atoms with E-state index in [0.717, 1.165) is 22.3 Å². The minimum absolute atomic E-state index is 0.163. The number of amides is 1. The zero-order valence-electron chi connectivity index (χ0n) is 10.5. The highest BCUT2D eigenvalue weighted by molar-refractivity contribution is 6.05. The summed E-state index contributed by atoms with van der Waals surface area (Å²) in [5, 5.41) is 2.86. The lowest BCUT2D eigenvalue weighted by atomic mass is 10.2. The summed E-state index contributed by atoms with van der Waals surface area (Å²) in [5.41, 5.74) is 4.05. The Labute approximate surface area is 110 Å². The van der Waals surface area contributed by atoms with Crippen molar-refractivity contribution >= 4 is 22.6 Å². The third-order valence-electron chi connectivity index (χ3n) is 2.91. The fraction of sp³-hybridized carbons (Fsp3) is 0.0667. The molecule has 0 radical (unpaired) electrons. The maximum atomic E-state index is 12.1. The van der Waals surface area contributed by atoms with Crippen LogP contribution in [0.25, 0.3) is 11.0 Å². The van der Waals surface area contributed by atoms with Crippen LogP contribution >= 0.6 is 0 Å².